The summed E-state index contributed by atoms with van der Waals surface area (Å²) in [5, 5.41) is 7.93. The van der Waals surface area contributed by atoms with Gasteiger partial charge in [-0.25, -0.2) is 4.79 Å². The van der Waals surface area contributed by atoms with Crippen molar-refractivity contribution in [3.8, 4) is 22.7 Å². The molecule has 5 rings (SSSR count). The van der Waals surface area contributed by atoms with E-state index in [4.69, 9.17) is 9.72 Å². The van der Waals surface area contributed by atoms with Gasteiger partial charge in [0.1, 0.15) is 12.4 Å². The van der Waals surface area contributed by atoms with Crippen molar-refractivity contribution in [2.24, 2.45) is 7.05 Å². The number of ether oxygens (including phenoxy) is 1. The van der Waals surface area contributed by atoms with Crippen molar-refractivity contribution in [3.63, 3.8) is 0 Å². The fourth-order valence-corrected chi connectivity index (χ4v) is 4.15. The highest BCUT2D eigenvalue weighted by atomic mass is 16.5. The van der Waals surface area contributed by atoms with Crippen molar-refractivity contribution < 1.29 is 4.74 Å². The number of rotatable bonds is 7. The summed E-state index contributed by atoms with van der Waals surface area (Å²) in [6.45, 7) is 4.51. The molecular formula is C26H27N5O2. The summed E-state index contributed by atoms with van der Waals surface area (Å²) in [5.74, 6) is 1.32. The van der Waals surface area contributed by atoms with E-state index in [0.29, 0.717) is 12.5 Å². The first-order valence-electron chi connectivity index (χ1n) is 11.4. The number of hydrogen-bond acceptors (Lipinski definition) is 5. The molecule has 168 valence electrons. The number of pyridine rings is 1. The minimum Gasteiger partial charge on any atom is -0.489 e. The molecule has 1 aliphatic rings. The SMILES string of the molecule is CCc1cccc(-c2ccc(OCc3c(C4CC4)cccc3-n3nnn(C)c3=O)c(C)c2)n1. The fourth-order valence-electron chi connectivity index (χ4n) is 4.15. The van der Waals surface area contributed by atoms with Gasteiger partial charge in [-0.15, -0.1) is 0 Å². The van der Waals surface area contributed by atoms with Crippen LogP contribution < -0.4 is 10.4 Å². The maximum absolute atomic E-state index is 12.5. The molecule has 0 bridgehead atoms. The van der Waals surface area contributed by atoms with Crippen LogP contribution in [0.5, 0.6) is 5.75 Å². The van der Waals surface area contributed by atoms with Gasteiger partial charge >= 0.3 is 5.69 Å². The zero-order valence-electron chi connectivity index (χ0n) is 19.2. The maximum Gasteiger partial charge on any atom is 0.368 e. The molecule has 0 spiro atoms. The van der Waals surface area contributed by atoms with Gasteiger partial charge < -0.3 is 4.74 Å². The van der Waals surface area contributed by atoms with Gasteiger partial charge in [-0.1, -0.05) is 25.1 Å². The Hall–Kier alpha value is -3.74. The Labute approximate surface area is 192 Å². The smallest absolute Gasteiger partial charge is 0.368 e. The summed E-state index contributed by atoms with van der Waals surface area (Å²) >= 11 is 0. The van der Waals surface area contributed by atoms with Crippen molar-refractivity contribution >= 4 is 0 Å². The van der Waals surface area contributed by atoms with Crippen LogP contribution in [-0.2, 0) is 20.1 Å². The molecule has 0 atom stereocenters. The highest BCUT2D eigenvalue weighted by molar-refractivity contribution is 5.62. The molecule has 1 fully saturated rings. The van der Waals surface area contributed by atoms with Gasteiger partial charge in [-0.3, -0.25) is 4.98 Å². The second-order valence-electron chi connectivity index (χ2n) is 8.55. The van der Waals surface area contributed by atoms with Crippen molar-refractivity contribution in [2.45, 2.75) is 45.6 Å². The Morgan fingerprint density at radius 1 is 1.06 bits per heavy atom. The maximum atomic E-state index is 12.5. The molecule has 1 saturated carbocycles. The molecule has 1 aliphatic carbocycles. The van der Waals surface area contributed by atoms with Gasteiger partial charge in [-0.2, -0.15) is 9.36 Å². The largest absolute Gasteiger partial charge is 0.489 e. The van der Waals surface area contributed by atoms with Gasteiger partial charge in [-0.05, 0) is 90.1 Å². The normalized spacial score (nSPS) is 13.3. The van der Waals surface area contributed by atoms with Crippen LogP contribution in [0.2, 0.25) is 0 Å². The second kappa shape index (κ2) is 8.65. The number of hydrogen-bond donors (Lipinski definition) is 0. The van der Waals surface area contributed by atoms with Crippen LogP contribution in [0.15, 0.2) is 59.4 Å². The van der Waals surface area contributed by atoms with E-state index in [2.05, 4.69) is 29.5 Å². The van der Waals surface area contributed by atoms with Gasteiger partial charge in [0.15, 0.2) is 0 Å². The third-order valence-corrected chi connectivity index (χ3v) is 6.17. The standard InChI is InChI=1S/C26H27N5O2/c1-4-20-7-5-9-23(27-20)19-13-14-25(17(2)15-19)33-16-22-21(18-11-12-18)8-6-10-24(22)31-26(32)30(3)28-29-31/h5-10,13-15,18H,4,11-12,16H2,1-3H3. The average molecular weight is 442 g/mol. The average Bonchev–Trinajstić information content (AvgIpc) is 3.63. The molecule has 4 aromatic rings. The third kappa shape index (κ3) is 4.18. The molecule has 33 heavy (non-hydrogen) atoms. The molecule has 0 radical (unpaired) electrons. The van der Waals surface area contributed by atoms with E-state index in [1.54, 1.807) is 7.05 Å². The number of aryl methyl sites for hydroxylation is 3. The second-order valence-corrected chi connectivity index (χ2v) is 8.55. The Kier molecular flexibility index (Phi) is 5.54. The van der Waals surface area contributed by atoms with E-state index >= 15 is 0 Å². The molecule has 2 aromatic heterocycles. The molecule has 7 nitrogen and oxygen atoms in total. The predicted molar refractivity (Wildman–Crippen MR) is 127 cm³/mol. The first kappa shape index (κ1) is 21.1. The van der Waals surface area contributed by atoms with E-state index in [9.17, 15) is 4.79 Å². The van der Waals surface area contributed by atoms with Crippen molar-refractivity contribution in [1.29, 1.82) is 0 Å². The Morgan fingerprint density at radius 3 is 2.58 bits per heavy atom. The highest BCUT2D eigenvalue weighted by Gasteiger charge is 2.28. The summed E-state index contributed by atoms with van der Waals surface area (Å²) in [5.41, 5.74) is 6.82. The molecule has 0 saturated heterocycles. The van der Waals surface area contributed by atoms with Crippen LogP contribution in [0.4, 0.5) is 0 Å². The first-order valence-corrected chi connectivity index (χ1v) is 11.4. The molecule has 0 aliphatic heterocycles. The Balaban J connectivity index is 1.45. The summed E-state index contributed by atoms with van der Waals surface area (Å²) < 4.78 is 8.88. The highest BCUT2D eigenvalue weighted by Crippen LogP contribution is 2.43. The summed E-state index contributed by atoms with van der Waals surface area (Å²) in [4.78, 5) is 17.2. The Bertz CT molecular complexity index is 1370. The lowest BCUT2D eigenvalue weighted by atomic mass is 10.0. The van der Waals surface area contributed by atoms with Crippen LogP contribution in [0.3, 0.4) is 0 Å². The molecule has 2 aromatic carbocycles. The van der Waals surface area contributed by atoms with E-state index < -0.39 is 0 Å². The van der Waals surface area contributed by atoms with Crippen LogP contribution >= 0.6 is 0 Å². The molecule has 2 heterocycles. The van der Waals surface area contributed by atoms with Gasteiger partial charge in [0.2, 0.25) is 0 Å². The summed E-state index contributed by atoms with van der Waals surface area (Å²) in [7, 11) is 1.60. The predicted octanol–water partition coefficient (Wildman–Crippen LogP) is 4.36. The molecule has 0 amide bonds. The quantitative estimate of drug-likeness (QED) is 0.426. The van der Waals surface area contributed by atoms with Gasteiger partial charge in [0, 0.05) is 23.9 Å². The summed E-state index contributed by atoms with van der Waals surface area (Å²) in [6.07, 6.45) is 3.22. The first-order chi connectivity index (χ1) is 16.0. The van der Waals surface area contributed by atoms with Crippen LogP contribution in [0.1, 0.15) is 48.1 Å². The molecule has 0 unspecified atom stereocenters. The van der Waals surface area contributed by atoms with Crippen LogP contribution in [0.25, 0.3) is 16.9 Å². The van der Waals surface area contributed by atoms with Crippen LogP contribution in [-0.4, -0.2) is 24.8 Å². The molecule has 0 N–H and O–H groups in total. The van der Waals surface area contributed by atoms with E-state index in [0.717, 1.165) is 58.8 Å². The van der Waals surface area contributed by atoms with Crippen molar-refractivity contribution in [2.75, 3.05) is 0 Å². The van der Waals surface area contributed by atoms with Crippen molar-refractivity contribution in [1.82, 2.24) is 24.8 Å². The van der Waals surface area contributed by atoms with E-state index in [-0.39, 0.29) is 5.69 Å². The monoisotopic (exact) mass is 441 g/mol. The van der Waals surface area contributed by atoms with Gasteiger partial charge in [0.25, 0.3) is 0 Å². The number of tetrazole rings is 1. The Morgan fingerprint density at radius 2 is 1.88 bits per heavy atom. The van der Waals surface area contributed by atoms with E-state index in [1.807, 2.05) is 49.4 Å². The zero-order valence-corrected chi connectivity index (χ0v) is 19.2. The lowest BCUT2D eigenvalue weighted by Crippen LogP contribution is -2.23. The molecule has 7 heteroatoms. The molecular weight excluding hydrogens is 414 g/mol. The number of benzene rings is 2. The van der Waals surface area contributed by atoms with Gasteiger partial charge in [0.05, 0.1) is 11.4 Å². The fraction of sp³-hybridized carbons (Fsp3) is 0.308. The minimum absolute atomic E-state index is 0.272. The zero-order chi connectivity index (χ0) is 22.9. The van der Waals surface area contributed by atoms with Crippen LogP contribution in [0, 0.1) is 6.92 Å². The lowest BCUT2D eigenvalue weighted by molar-refractivity contribution is 0.302. The number of aromatic nitrogens is 5. The minimum atomic E-state index is -0.272. The van der Waals surface area contributed by atoms with E-state index in [1.165, 1.54) is 14.9 Å². The summed E-state index contributed by atoms with van der Waals surface area (Å²) in [6, 6.07) is 18.3. The van der Waals surface area contributed by atoms with Crippen molar-refractivity contribution in [3.05, 3.63) is 87.5 Å². The third-order valence-electron chi connectivity index (χ3n) is 6.17. The lowest BCUT2D eigenvalue weighted by Gasteiger charge is -2.16. The number of nitrogens with zero attached hydrogens (tertiary/aromatic N) is 5. The topological polar surface area (TPSA) is 74.8 Å².